The topological polar surface area (TPSA) is 21.3 Å². The predicted octanol–water partition coefficient (Wildman–Crippen LogP) is 2.01. The zero-order chi connectivity index (χ0) is 10.7. The average molecular weight is 205 g/mol. The Labute approximate surface area is 91.6 Å². The molecule has 15 heavy (non-hydrogen) atoms. The lowest BCUT2D eigenvalue weighted by atomic mass is 9.94. The zero-order valence-corrected chi connectivity index (χ0v) is 9.55. The van der Waals surface area contributed by atoms with Gasteiger partial charge in [0, 0.05) is 19.0 Å². The number of aryl methyl sites for hydroxylation is 2. The Morgan fingerprint density at radius 1 is 1.33 bits per heavy atom. The molecule has 1 atom stereocenters. The van der Waals surface area contributed by atoms with Crippen LogP contribution in [0.3, 0.4) is 0 Å². The Morgan fingerprint density at radius 3 is 3.07 bits per heavy atom. The maximum Gasteiger partial charge on any atom is 0.0591 e. The molecule has 1 aliphatic heterocycles. The molecule has 1 aromatic rings. The van der Waals surface area contributed by atoms with E-state index in [9.17, 15) is 0 Å². The molecule has 1 unspecified atom stereocenters. The second kappa shape index (κ2) is 4.77. The summed E-state index contributed by atoms with van der Waals surface area (Å²) < 4.78 is 5.59. The highest BCUT2D eigenvalue weighted by atomic mass is 16.5. The fraction of sp³-hybridized carbons (Fsp3) is 0.538. The van der Waals surface area contributed by atoms with Crippen molar-refractivity contribution in [2.45, 2.75) is 19.8 Å². The maximum atomic E-state index is 5.59. The van der Waals surface area contributed by atoms with Crippen LogP contribution in [-0.2, 0) is 4.74 Å². The van der Waals surface area contributed by atoms with Crippen LogP contribution in [0, 0.1) is 13.8 Å². The molecule has 1 fully saturated rings. The molecule has 0 aliphatic carbocycles. The highest BCUT2D eigenvalue weighted by Crippen LogP contribution is 2.22. The molecule has 1 heterocycles. The molecule has 0 radical (unpaired) electrons. The van der Waals surface area contributed by atoms with E-state index in [1.54, 1.807) is 0 Å². The van der Waals surface area contributed by atoms with Crippen molar-refractivity contribution in [2.24, 2.45) is 0 Å². The molecule has 0 aromatic heterocycles. The molecule has 82 valence electrons. The van der Waals surface area contributed by atoms with Gasteiger partial charge in [-0.2, -0.15) is 0 Å². The molecule has 0 saturated carbocycles. The van der Waals surface area contributed by atoms with Crippen LogP contribution in [0.25, 0.3) is 0 Å². The van der Waals surface area contributed by atoms with Gasteiger partial charge in [-0.1, -0.05) is 23.8 Å². The predicted molar refractivity (Wildman–Crippen MR) is 62.3 cm³/mol. The first kappa shape index (κ1) is 10.7. The highest BCUT2D eigenvalue weighted by Gasteiger charge is 2.16. The summed E-state index contributed by atoms with van der Waals surface area (Å²) in [5.74, 6) is 0.507. The van der Waals surface area contributed by atoms with Crippen molar-refractivity contribution in [1.82, 2.24) is 5.32 Å². The van der Waals surface area contributed by atoms with Gasteiger partial charge in [0.05, 0.1) is 13.2 Å². The first-order chi connectivity index (χ1) is 7.27. The monoisotopic (exact) mass is 205 g/mol. The van der Waals surface area contributed by atoms with Crippen LogP contribution in [0.4, 0.5) is 0 Å². The molecule has 2 rings (SSSR count). The van der Waals surface area contributed by atoms with E-state index in [1.807, 2.05) is 0 Å². The van der Waals surface area contributed by atoms with Gasteiger partial charge in [-0.15, -0.1) is 0 Å². The molecule has 1 N–H and O–H groups in total. The third kappa shape index (κ3) is 2.58. The SMILES string of the molecule is Cc1ccc(C)c(C2CNCCOC2)c1. The molecule has 0 amide bonds. The lowest BCUT2D eigenvalue weighted by molar-refractivity contribution is 0.141. The van der Waals surface area contributed by atoms with Gasteiger partial charge >= 0.3 is 0 Å². The van der Waals surface area contributed by atoms with Crippen molar-refractivity contribution in [3.63, 3.8) is 0 Å². The van der Waals surface area contributed by atoms with E-state index in [4.69, 9.17) is 4.74 Å². The number of hydrogen-bond donors (Lipinski definition) is 1. The molecule has 1 aromatic carbocycles. The maximum absolute atomic E-state index is 5.59. The summed E-state index contributed by atoms with van der Waals surface area (Å²) in [6, 6.07) is 6.66. The molecular weight excluding hydrogens is 186 g/mol. The van der Waals surface area contributed by atoms with Crippen LogP contribution in [0.2, 0.25) is 0 Å². The van der Waals surface area contributed by atoms with Gasteiger partial charge in [0.15, 0.2) is 0 Å². The first-order valence-electron chi connectivity index (χ1n) is 5.63. The van der Waals surface area contributed by atoms with E-state index < -0.39 is 0 Å². The van der Waals surface area contributed by atoms with Gasteiger partial charge in [-0.25, -0.2) is 0 Å². The summed E-state index contributed by atoms with van der Waals surface area (Å²) in [7, 11) is 0. The molecule has 2 heteroatoms. The van der Waals surface area contributed by atoms with Crippen LogP contribution in [0.15, 0.2) is 18.2 Å². The van der Waals surface area contributed by atoms with Crippen LogP contribution < -0.4 is 5.32 Å². The van der Waals surface area contributed by atoms with E-state index in [2.05, 4.69) is 37.4 Å². The third-order valence-corrected chi connectivity index (χ3v) is 3.01. The summed E-state index contributed by atoms with van der Waals surface area (Å²) in [6.07, 6.45) is 0. The largest absolute Gasteiger partial charge is 0.379 e. The Kier molecular flexibility index (Phi) is 3.39. The van der Waals surface area contributed by atoms with E-state index in [-0.39, 0.29) is 0 Å². The number of benzene rings is 1. The fourth-order valence-electron chi connectivity index (χ4n) is 2.10. The van der Waals surface area contributed by atoms with Crippen molar-refractivity contribution in [2.75, 3.05) is 26.3 Å². The van der Waals surface area contributed by atoms with Gasteiger partial charge in [-0.05, 0) is 25.0 Å². The Balaban J connectivity index is 2.22. The van der Waals surface area contributed by atoms with E-state index in [0.29, 0.717) is 5.92 Å². The van der Waals surface area contributed by atoms with Gasteiger partial charge < -0.3 is 10.1 Å². The lowest BCUT2D eigenvalue weighted by Gasteiger charge is -2.17. The summed E-state index contributed by atoms with van der Waals surface area (Å²) in [6.45, 7) is 8.01. The van der Waals surface area contributed by atoms with Crippen molar-refractivity contribution in [1.29, 1.82) is 0 Å². The number of hydrogen-bond acceptors (Lipinski definition) is 2. The number of ether oxygens (including phenoxy) is 1. The van der Waals surface area contributed by atoms with Gasteiger partial charge in [0.2, 0.25) is 0 Å². The van der Waals surface area contributed by atoms with Crippen molar-refractivity contribution in [3.05, 3.63) is 34.9 Å². The normalized spacial score (nSPS) is 22.4. The van der Waals surface area contributed by atoms with Gasteiger partial charge in [0.1, 0.15) is 0 Å². The summed E-state index contributed by atoms with van der Waals surface area (Å²) >= 11 is 0. The summed E-state index contributed by atoms with van der Waals surface area (Å²) in [5, 5.41) is 3.42. The summed E-state index contributed by atoms with van der Waals surface area (Å²) in [4.78, 5) is 0. The minimum absolute atomic E-state index is 0.507. The van der Waals surface area contributed by atoms with Crippen LogP contribution in [0.1, 0.15) is 22.6 Å². The Bertz CT molecular complexity index is 327. The number of nitrogens with one attached hydrogen (secondary N) is 1. The van der Waals surface area contributed by atoms with Crippen molar-refractivity contribution in [3.8, 4) is 0 Å². The third-order valence-electron chi connectivity index (χ3n) is 3.01. The fourth-order valence-corrected chi connectivity index (χ4v) is 2.10. The molecule has 0 bridgehead atoms. The first-order valence-corrected chi connectivity index (χ1v) is 5.63. The van der Waals surface area contributed by atoms with Crippen LogP contribution in [-0.4, -0.2) is 26.3 Å². The van der Waals surface area contributed by atoms with E-state index in [0.717, 1.165) is 26.3 Å². The standard InChI is InChI=1S/C13H19NO/c1-10-3-4-11(2)13(7-10)12-8-14-5-6-15-9-12/h3-4,7,12,14H,5-6,8-9H2,1-2H3. The zero-order valence-electron chi connectivity index (χ0n) is 9.55. The van der Waals surface area contributed by atoms with Crippen LogP contribution >= 0.6 is 0 Å². The van der Waals surface area contributed by atoms with E-state index >= 15 is 0 Å². The molecule has 2 nitrogen and oxygen atoms in total. The van der Waals surface area contributed by atoms with Crippen LogP contribution in [0.5, 0.6) is 0 Å². The molecular formula is C13H19NO. The average Bonchev–Trinajstić information content (AvgIpc) is 2.50. The second-order valence-electron chi connectivity index (χ2n) is 4.34. The van der Waals surface area contributed by atoms with Gasteiger partial charge in [-0.3, -0.25) is 0 Å². The minimum Gasteiger partial charge on any atom is -0.379 e. The smallest absolute Gasteiger partial charge is 0.0591 e. The number of rotatable bonds is 1. The molecule has 0 spiro atoms. The Hall–Kier alpha value is -0.860. The van der Waals surface area contributed by atoms with Crippen molar-refractivity contribution >= 4 is 0 Å². The quantitative estimate of drug-likeness (QED) is 0.757. The Morgan fingerprint density at radius 2 is 2.20 bits per heavy atom. The minimum atomic E-state index is 0.507. The highest BCUT2D eigenvalue weighted by molar-refractivity contribution is 5.33. The molecule has 1 aliphatic rings. The molecule has 1 saturated heterocycles. The van der Waals surface area contributed by atoms with Crippen molar-refractivity contribution < 1.29 is 4.74 Å². The van der Waals surface area contributed by atoms with E-state index in [1.165, 1.54) is 16.7 Å². The second-order valence-corrected chi connectivity index (χ2v) is 4.34. The van der Waals surface area contributed by atoms with Gasteiger partial charge in [0.25, 0.3) is 0 Å². The summed E-state index contributed by atoms with van der Waals surface area (Å²) in [5.41, 5.74) is 4.14. The lowest BCUT2D eigenvalue weighted by Crippen LogP contribution is -2.22.